The van der Waals surface area contributed by atoms with E-state index in [1.54, 1.807) is 18.9 Å². The predicted molar refractivity (Wildman–Crippen MR) is 82.6 cm³/mol. The van der Waals surface area contributed by atoms with Crippen molar-refractivity contribution in [3.8, 4) is 11.5 Å². The van der Waals surface area contributed by atoms with Crippen molar-refractivity contribution >= 4 is 11.8 Å². The van der Waals surface area contributed by atoms with Gasteiger partial charge in [0.15, 0.2) is 0 Å². The zero-order valence-corrected chi connectivity index (χ0v) is 12.4. The predicted octanol–water partition coefficient (Wildman–Crippen LogP) is 4.53. The van der Waals surface area contributed by atoms with Gasteiger partial charge in [0.1, 0.15) is 11.5 Å². The second kappa shape index (κ2) is 6.23. The van der Waals surface area contributed by atoms with Crippen LogP contribution in [-0.4, -0.2) is 13.2 Å². The summed E-state index contributed by atoms with van der Waals surface area (Å²) >= 11 is 1.77. The first kappa shape index (κ1) is 13.4. The Morgan fingerprint density at radius 2 is 1.75 bits per heavy atom. The third-order valence-electron chi connectivity index (χ3n) is 3.21. The second-order valence-electron chi connectivity index (χ2n) is 4.88. The van der Waals surface area contributed by atoms with Gasteiger partial charge in [0, 0.05) is 5.75 Å². The van der Waals surface area contributed by atoms with Crippen molar-refractivity contribution in [2.45, 2.75) is 29.6 Å². The minimum absolute atomic E-state index is 0.401. The smallest absolute Gasteiger partial charge is 0.137 e. The van der Waals surface area contributed by atoms with Crippen LogP contribution in [0.1, 0.15) is 18.4 Å². The lowest BCUT2D eigenvalue weighted by Crippen LogP contribution is -1.99. The lowest BCUT2D eigenvalue weighted by molar-refractivity contribution is 0.291. The summed E-state index contributed by atoms with van der Waals surface area (Å²) in [5.41, 5.74) is 1.31. The molecule has 20 heavy (non-hydrogen) atoms. The van der Waals surface area contributed by atoms with Crippen LogP contribution in [0.15, 0.2) is 53.4 Å². The maximum absolute atomic E-state index is 5.99. The molecule has 0 radical (unpaired) electrons. The molecule has 0 saturated heterocycles. The highest BCUT2D eigenvalue weighted by atomic mass is 32.2. The summed E-state index contributed by atoms with van der Waals surface area (Å²) < 4.78 is 11.5. The van der Waals surface area contributed by atoms with Gasteiger partial charge < -0.3 is 9.47 Å². The molecule has 2 aromatic rings. The summed E-state index contributed by atoms with van der Waals surface area (Å²) in [7, 11) is 1.71. The van der Waals surface area contributed by atoms with Gasteiger partial charge in [-0.2, -0.15) is 0 Å². The van der Waals surface area contributed by atoms with Gasteiger partial charge in [0.25, 0.3) is 0 Å². The Bertz CT molecular complexity index is 564. The number of benzene rings is 2. The third-order valence-corrected chi connectivity index (χ3v) is 4.38. The van der Waals surface area contributed by atoms with Crippen LogP contribution in [0.25, 0.3) is 0 Å². The quantitative estimate of drug-likeness (QED) is 0.727. The van der Waals surface area contributed by atoms with Crippen LogP contribution in [0.3, 0.4) is 0 Å². The molecule has 3 rings (SSSR count). The Kier molecular flexibility index (Phi) is 4.16. The van der Waals surface area contributed by atoms with E-state index in [0.29, 0.717) is 6.10 Å². The molecule has 0 spiro atoms. The van der Waals surface area contributed by atoms with Gasteiger partial charge in [-0.05, 0) is 30.5 Å². The fraction of sp³-hybridized carbons (Fsp3) is 0.294. The molecule has 3 heteroatoms. The second-order valence-corrected chi connectivity index (χ2v) is 5.86. The average molecular weight is 286 g/mol. The van der Waals surface area contributed by atoms with Crippen molar-refractivity contribution in [3.05, 3.63) is 54.1 Å². The molecule has 0 aromatic heterocycles. The summed E-state index contributed by atoms with van der Waals surface area (Å²) in [6.45, 7) is 0. The van der Waals surface area contributed by atoms with E-state index in [2.05, 4.69) is 24.3 Å². The number of ether oxygens (including phenoxy) is 2. The highest BCUT2D eigenvalue weighted by Gasteiger charge is 2.25. The molecule has 0 bridgehead atoms. The first-order valence-electron chi connectivity index (χ1n) is 6.87. The van der Waals surface area contributed by atoms with E-state index in [1.165, 1.54) is 18.4 Å². The number of hydrogen-bond acceptors (Lipinski definition) is 3. The van der Waals surface area contributed by atoms with Crippen molar-refractivity contribution < 1.29 is 9.47 Å². The molecular formula is C17H18O2S. The van der Waals surface area contributed by atoms with Crippen LogP contribution in [0.2, 0.25) is 0 Å². The monoisotopic (exact) mass is 286 g/mol. The zero-order valence-electron chi connectivity index (χ0n) is 11.5. The van der Waals surface area contributed by atoms with Crippen molar-refractivity contribution in [1.29, 1.82) is 0 Å². The minimum Gasteiger partial charge on any atom is -0.495 e. The first-order chi connectivity index (χ1) is 9.86. The van der Waals surface area contributed by atoms with Gasteiger partial charge in [-0.3, -0.25) is 0 Å². The number of thioether (sulfide) groups is 1. The Morgan fingerprint density at radius 1 is 1.00 bits per heavy atom. The van der Waals surface area contributed by atoms with E-state index >= 15 is 0 Å². The van der Waals surface area contributed by atoms with Gasteiger partial charge in [0.05, 0.1) is 18.1 Å². The van der Waals surface area contributed by atoms with Crippen LogP contribution < -0.4 is 9.47 Å². The summed E-state index contributed by atoms with van der Waals surface area (Å²) in [5, 5.41) is 0. The SMILES string of the molecule is COc1cccc(OC2CC2)c1SCc1ccccc1. The van der Waals surface area contributed by atoms with Gasteiger partial charge in [0.2, 0.25) is 0 Å². The summed E-state index contributed by atoms with van der Waals surface area (Å²) in [6, 6.07) is 16.5. The number of rotatable bonds is 6. The van der Waals surface area contributed by atoms with E-state index < -0.39 is 0 Å². The van der Waals surface area contributed by atoms with Crippen LogP contribution in [0.4, 0.5) is 0 Å². The molecule has 1 fully saturated rings. The molecule has 0 atom stereocenters. The van der Waals surface area contributed by atoms with E-state index in [9.17, 15) is 0 Å². The standard InChI is InChI=1S/C17H18O2S/c1-18-15-8-5-9-16(19-14-10-11-14)17(15)20-12-13-6-3-2-4-7-13/h2-9,14H,10-12H2,1H3. The van der Waals surface area contributed by atoms with E-state index in [1.807, 2.05) is 24.3 Å². The van der Waals surface area contributed by atoms with Gasteiger partial charge >= 0.3 is 0 Å². The Balaban J connectivity index is 1.78. The van der Waals surface area contributed by atoms with E-state index in [0.717, 1.165) is 22.1 Å². The van der Waals surface area contributed by atoms with Crippen molar-refractivity contribution in [3.63, 3.8) is 0 Å². The molecule has 1 aliphatic carbocycles. The lowest BCUT2D eigenvalue weighted by atomic mass is 10.2. The Hall–Kier alpha value is -1.61. The van der Waals surface area contributed by atoms with Gasteiger partial charge in [-0.1, -0.05) is 36.4 Å². The zero-order chi connectivity index (χ0) is 13.8. The minimum atomic E-state index is 0.401. The summed E-state index contributed by atoms with van der Waals surface area (Å²) in [6.07, 6.45) is 2.73. The molecule has 2 nitrogen and oxygen atoms in total. The van der Waals surface area contributed by atoms with Gasteiger partial charge in [-0.25, -0.2) is 0 Å². The molecule has 0 N–H and O–H groups in total. The molecule has 0 unspecified atom stereocenters. The molecule has 1 aliphatic rings. The van der Waals surface area contributed by atoms with E-state index in [-0.39, 0.29) is 0 Å². The van der Waals surface area contributed by atoms with Crippen molar-refractivity contribution in [2.24, 2.45) is 0 Å². The summed E-state index contributed by atoms with van der Waals surface area (Å²) in [4.78, 5) is 1.10. The molecule has 0 amide bonds. The number of hydrogen-bond donors (Lipinski definition) is 0. The molecule has 0 heterocycles. The molecule has 1 saturated carbocycles. The molecule has 0 aliphatic heterocycles. The van der Waals surface area contributed by atoms with Crippen molar-refractivity contribution in [2.75, 3.05) is 7.11 Å². The van der Waals surface area contributed by atoms with E-state index in [4.69, 9.17) is 9.47 Å². The van der Waals surface area contributed by atoms with Crippen LogP contribution in [0, 0.1) is 0 Å². The number of methoxy groups -OCH3 is 1. The van der Waals surface area contributed by atoms with Gasteiger partial charge in [-0.15, -0.1) is 11.8 Å². The Morgan fingerprint density at radius 3 is 2.45 bits per heavy atom. The average Bonchev–Trinajstić information content (AvgIpc) is 3.31. The summed E-state index contributed by atoms with van der Waals surface area (Å²) in [5.74, 6) is 2.76. The van der Waals surface area contributed by atoms with Crippen molar-refractivity contribution in [1.82, 2.24) is 0 Å². The lowest BCUT2D eigenvalue weighted by Gasteiger charge is -2.14. The van der Waals surface area contributed by atoms with Crippen LogP contribution >= 0.6 is 11.8 Å². The highest BCUT2D eigenvalue weighted by molar-refractivity contribution is 7.98. The molecule has 104 valence electrons. The fourth-order valence-corrected chi connectivity index (χ4v) is 3.04. The fourth-order valence-electron chi connectivity index (χ4n) is 1.99. The largest absolute Gasteiger partial charge is 0.495 e. The highest BCUT2D eigenvalue weighted by Crippen LogP contribution is 2.41. The van der Waals surface area contributed by atoms with Crippen LogP contribution in [-0.2, 0) is 5.75 Å². The third kappa shape index (κ3) is 3.28. The molecular weight excluding hydrogens is 268 g/mol. The Labute approximate surface area is 124 Å². The normalized spacial score (nSPS) is 14.1. The van der Waals surface area contributed by atoms with Crippen LogP contribution in [0.5, 0.6) is 11.5 Å². The maximum Gasteiger partial charge on any atom is 0.137 e. The molecule has 2 aromatic carbocycles. The maximum atomic E-state index is 5.99. The first-order valence-corrected chi connectivity index (χ1v) is 7.86. The topological polar surface area (TPSA) is 18.5 Å².